The zero-order valence-corrected chi connectivity index (χ0v) is 5.23. The molecule has 0 aromatic carbocycles. The first kappa shape index (κ1) is 10.6. The van der Waals surface area contributed by atoms with Crippen molar-refractivity contribution in [2.45, 2.75) is 13.0 Å². The number of primary amides is 1. The molecule has 1 amide bonds. The number of rotatable bonds is 2. The van der Waals surface area contributed by atoms with Crippen LogP contribution in [0.5, 0.6) is 0 Å². The standard InChI is InChI=1S/C3H8N2O2.ClH/c1-2(5-7)3(4)6;/h2,5,7H,1H3,(H2,4,6);1H. The van der Waals surface area contributed by atoms with Crippen LogP contribution in [0.15, 0.2) is 0 Å². The second-order valence-corrected chi connectivity index (χ2v) is 1.25. The van der Waals surface area contributed by atoms with Crippen molar-refractivity contribution >= 4 is 18.3 Å². The van der Waals surface area contributed by atoms with Crippen molar-refractivity contribution in [1.29, 1.82) is 0 Å². The van der Waals surface area contributed by atoms with E-state index in [1.54, 1.807) is 5.48 Å². The van der Waals surface area contributed by atoms with E-state index in [9.17, 15) is 4.79 Å². The summed E-state index contributed by atoms with van der Waals surface area (Å²) in [6, 6.07) is -0.653. The Morgan fingerprint density at radius 1 is 1.88 bits per heavy atom. The minimum atomic E-state index is -0.653. The highest BCUT2D eigenvalue weighted by molar-refractivity contribution is 5.85. The molecule has 0 bridgehead atoms. The van der Waals surface area contributed by atoms with Crippen molar-refractivity contribution in [3.63, 3.8) is 0 Å². The number of halogens is 1. The minimum Gasteiger partial charge on any atom is -0.368 e. The van der Waals surface area contributed by atoms with E-state index in [1.165, 1.54) is 6.92 Å². The minimum absolute atomic E-state index is 0. The van der Waals surface area contributed by atoms with Crippen LogP contribution >= 0.6 is 12.4 Å². The first-order valence-electron chi connectivity index (χ1n) is 1.87. The van der Waals surface area contributed by atoms with E-state index >= 15 is 0 Å². The van der Waals surface area contributed by atoms with Gasteiger partial charge in [0.15, 0.2) is 0 Å². The van der Waals surface area contributed by atoms with Gasteiger partial charge in [-0.3, -0.25) is 4.79 Å². The Morgan fingerprint density at radius 3 is 2.25 bits per heavy atom. The smallest absolute Gasteiger partial charge is 0.236 e. The van der Waals surface area contributed by atoms with Gasteiger partial charge in [-0.1, -0.05) is 0 Å². The Kier molecular flexibility index (Phi) is 6.41. The lowest BCUT2D eigenvalue weighted by atomic mass is 10.4. The van der Waals surface area contributed by atoms with Crippen molar-refractivity contribution in [3.8, 4) is 0 Å². The lowest BCUT2D eigenvalue weighted by Crippen LogP contribution is -2.36. The fourth-order valence-corrected chi connectivity index (χ4v) is 0.0636. The zero-order chi connectivity index (χ0) is 5.86. The first-order valence-corrected chi connectivity index (χ1v) is 1.87. The van der Waals surface area contributed by atoms with Gasteiger partial charge in [0.2, 0.25) is 5.91 Å². The molecule has 4 N–H and O–H groups in total. The van der Waals surface area contributed by atoms with E-state index in [4.69, 9.17) is 5.21 Å². The van der Waals surface area contributed by atoms with E-state index in [-0.39, 0.29) is 12.4 Å². The normalized spacial score (nSPS) is 11.8. The molecule has 0 aliphatic carbocycles. The molecule has 1 atom stereocenters. The van der Waals surface area contributed by atoms with Crippen LogP contribution in [0.3, 0.4) is 0 Å². The van der Waals surface area contributed by atoms with Crippen molar-refractivity contribution in [3.05, 3.63) is 0 Å². The second kappa shape index (κ2) is 4.83. The summed E-state index contributed by atoms with van der Waals surface area (Å²) in [4.78, 5) is 9.93. The van der Waals surface area contributed by atoms with Gasteiger partial charge in [0.1, 0.15) is 6.04 Å². The number of nitrogens with one attached hydrogen (secondary N) is 1. The molecular weight excluding hydrogens is 131 g/mol. The number of carbonyl (C=O) groups is 1. The van der Waals surface area contributed by atoms with E-state index in [2.05, 4.69) is 5.73 Å². The monoisotopic (exact) mass is 140 g/mol. The lowest BCUT2D eigenvalue weighted by molar-refractivity contribution is -0.121. The number of hydrogen-bond acceptors (Lipinski definition) is 3. The Balaban J connectivity index is 0. The lowest BCUT2D eigenvalue weighted by Gasteiger charge is -1.99. The van der Waals surface area contributed by atoms with Crippen LogP contribution in [-0.4, -0.2) is 17.2 Å². The molecule has 0 aromatic rings. The zero-order valence-electron chi connectivity index (χ0n) is 4.42. The van der Waals surface area contributed by atoms with Crippen molar-refractivity contribution in [2.75, 3.05) is 0 Å². The van der Waals surface area contributed by atoms with Gasteiger partial charge in [-0.15, -0.1) is 12.4 Å². The van der Waals surface area contributed by atoms with Gasteiger partial charge in [0.05, 0.1) is 0 Å². The molecule has 0 fully saturated rings. The highest BCUT2D eigenvalue weighted by Crippen LogP contribution is 1.71. The Morgan fingerprint density at radius 2 is 2.25 bits per heavy atom. The Bertz CT molecular complexity index is 77.7. The van der Waals surface area contributed by atoms with Gasteiger partial charge in [0, 0.05) is 0 Å². The predicted molar refractivity (Wildman–Crippen MR) is 30.8 cm³/mol. The summed E-state index contributed by atoms with van der Waals surface area (Å²) in [5.41, 5.74) is 6.37. The van der Waals surface area contributed by atoms with Gasteiger partial charge in [-0.05, 0) is 6.92 Å². The van der Waals surface area contributed by atoms with Crippen LogP contribution in [-0.2, 0) is 4.79 Å². The number of carbonyl (C=O) groups excluding carboxylic acids is 1. The SMILES string of the molecule is CC(NO)C(N)=O.Cl. The molecule has 0 rings (SSSR count). The summed E-state index contributed by atoms with van der Waals surface area (Å²) in [5, 5.41) is 7.95. The maximum atomic E-state index is 9.93. The molecular formula is C3H9ClN2O2. The molecule has 0 spiro atoms. The van der Waals surface area contributed by atoms with Gasteiger partial charge < -0.3 is 10.9 Å². The molecule has 8 heavy (non-hydrogen) atoms. The molecule has 0 saturated carbocycles. The number of amides is 1. The average molecular weight is 141 g/mol. The number of nitrogens with two attached hydrogens (primary N) is 1. The fraction of sp³-hybridized carbons (Fsp3) is 0.667. The van der Waals surface area contributed by atoms with Crippen LogP contribution in [0.2, 0.25) is 0 Å². The van der Waals surface area contributed by atoms with Gasteiger partial charge >= 0.3 is 0 Å². The summed E-state index contributed by atoms with van der Waals surface area (Å²) in [6.07, 6.45) is 0. The molecule has 0 saturated heterocycles. The molecule has 0 aromatic heterocycles. The van der Waals surface area contributed by atoms with Crippen LogP contribution < -0.4 is 11.2 Å². The van der Waals surface area contributed by atoms with E-state index in [0.29, 0.717) is 0 Å². The number of hydroxylamine groups is 1. The van der Waals surface area contributed by atoms with Crippen molar-refractivity contribution < 1.29 is 10.0 Å². The number of hydrogen-bond donors (Lipinski definition) is 3. The molecule has 1 unspecified atom stereocenters. The molecule has 0 aliphatic rings. The highest BCUT2D eigenvalue weighted by atomic mass is 35.5. The van der Waals surface area contributed by atoms with Crippen molar-refractivity contribution in [1.82, 2.24) is 5.48 Å². The van der Waals surface area contributed by atoms with E-state index in [0.717, 1.165) is 0 Å². The van der Waals surface area contributed by atoms with Crippen LogP contribution in [0.25, 0.3) is 0 Å². The van der Waals surface area contributed by atoms with Gasteiger partial charge in [-0.2, -0.15) is 5.48 Å². The third kappa shape index (κ3) is 3.86. The summed E-state index contributed by atoms with van der Waals surface area (Å²) >= 11 is 0. The third-order valence-electron chi connectivity index (χ3n) is 0.620. The largest absolute Gasteiger partial charge is 0.368 e. The summed E-state index contributed by atoms with van der Waals surface area (Å²) in [6.45, 7) is 1.46. The fourth-order valence-electron chi connectivity index (χ4n) is 0.0636. The molecule has 4 nitrogen and oxygen atoms in total. The summed E-state index contributed by atoms with van der Waals surface area (Å²) in [7, 11) is 0. The predicted octanol–water partition coefficient (Wildman–Crippen LogP) is -0.739. The quantitative estimate of drug-likeness (QED) is 0.443. The average Bonchev–Trinajstić information content (AvgIpc) is 1.65. The van der Waals surface area contributed by atoms with E-state index < -0.39 is 11.9 Å². The Labute approximate surface area is 53.4 Å². The summed E-state index contributed by atoms with van der Waals surface area (Å²) in [5.74, 6) is -0.567. The molecule has 50 valence electrons. The maximum absolute atomic E-state index is 9.93. The van der Waals surface area contributed by atoms with E-state index in [1.807, 2.05) is 0 Å². The van der Waals surface area contributed by atoms with Gasteiger partial charge in [-0.25, -0.2) is 0 Å². The Hall–Kier alpha value is -0.320. The van der Waals surface area contributed by atoms with Crippen LogP contribution in [0.1, 0.15) is 6.92 Å². The highest BCUT2D eigenvalue weighted by Gasteiger charge is 2.02. The molecule has 0 radical (unpaired) electrons. The van der Waals surface area contributed by atoms with Crippen LogP contribution in [0, 0.1) is 0 Å². The van der Waals surface area contributed by atoms with Crippen molar-refractivity contribution in [2.24, 2.45) is 5.73 Å². The molecule has 5 heteroatoms. The second-order valence-electron chi connectivity index (χ2n) is 1.25. The summed E-state index contributed by atoms with van der Waals surface area (Å²) < 4.78 is 0. The van der Waals surface area contributed by atoms with Crippen LogP contribution in [0.4, 0.5) is 0 Å². The maximum Gasteiger partial charge on any atom is 0.236 e. The van der Waals surface area contributed by atoms with Gasteiger partial charge in [0.25, 0.3) is 0 Å². The molecule has 0 heterocycles. The third-order valence-corrected chi connectivity index (χ3v) is 0.620. The topological polar surface area (TPSA) is 75.3 Å². The molecule has 0 aliphatic heterocycles. The first-order chi connectivity index (χ1) is 3.18.